The van der Waals surface area contributed by atoms with Crippen molar-refractivity contribution in [2.45, 2.75) is 44.4 Å². The monoisotopic (exact) mass is 428 g/mol. The second kappa shape index (κ2) is 13.0. The number of thioether (sulfide) groups is 1. The van der Waals surface area contributed by atoms with E-state index in [9.17, 15) is 4.79 Å². The number of carbonyl (C=O) groups is 1. The number of carbonyl (C=O) groups excluding carboxylic acids is 1. The molecule has 0 aromatic heterocycles. The maximum Gasteiger partial charge on any atom is 0.259 e. The molecular formula is C19H29BNO5PS. The number of hydrogen-bond donors (Lipinski definition) is 1. The van der Waals surface area contributed by atoms with E-state index < -0.39 is 8.53 Å². The fraction of sp³-hybridized carbons (Fsp3) is 0.632. The molecule has 0 bridgehead atoms. The molecule has 0 spiro atoms. The minimum atomic E-state index is -1.22. The van der Waals surface area contributed by atoms with Crippen molar-refractivity contribution in [2.75, 3.05) is 32.6 Å². The molecule has 1 aromatic carbocycles. The second-order valence-electron chi connectivity index (χ2n) is 6.33. The first-order chi connectivity index (χ1) is 14.6. The fourth-order valence-electron chi connectivity index (χ4n) is 2.92. The van der Waals surface area contributed by atoms with Gasteiger partial charge in [-0.15, -0.1) is 0 Å². The van der Waals surface area contributed by atoms with Crippen molar-refractivity contribution < 1.29 is 25.1 Å². The van der Waals surface area contributed by atoms with Gasteiger partial charge in [0.05, 0.1) is 18.8 Å². The van der Waals surface area contributed by atoms with Gasteiger partial charge in [-0.25, -0.2) is 4.67 Å². The molecule has 9 heteroatoms. The Labute approximate surface area is 177 Å². The zero-order valence-electron chi connectivity index (χ0n) is 18.2. The summed E-state index contributed by atoms with van der Waals surface area (Å²) in [6.07, 6.45) is 2.35. The van der Waals surface area contributed by atoms with Gasteiger partial charge < -0.3 is 18.9 Å². The molecule has 28 heavy (non-hydrogen) atoms. The number of benzene rings is 1. The highest BCUT2D eigenvalue weighted by molar-refractivity contribution is 8.14. The first-order valence-electron chi connectivity index (χ1n) is 10.5. The van der Waals surface area contributed by atoms with Crippen molar-refractivity contribution in [3.8, 4) is 0 Å². The minimum absolute atomic E-state index is 0.0510. The molecule has 2 heterocycles. The molecule has 0 aliphatic carbocycles. The summed E-state index contributed by atoms with van der Waals surface area (Å²) in [5.74, 6) is 0.576. The quantitative estimate of drug-likeness (QED) is 0.388. The lowest BCUT2D eigenvalue weighted by Crippen LogP contribution is -2.25. The van der Waals surface area contributed by atoms with Crippen LogP contribution in [-0.4, -0.2) is 74.9 Å². The molecule has 2 saturated heterocycles. The molecule has 1 N–H and O–H groups in total. The average molecular weight is 428 g/mol. The lowest BCUT2D eigenvalue weighted by atomic mass is 9.96. The molecule has 2 fully saturated rings. The van der Waals surface area contributed by atoms with Crippen molar-refractivity contribution in [1.82, 2.24) is 4.67 Å². The zero-order chi connectivity index (χ0) is 21.8. The van der Waals surface area contributed by atoms with E-state index in [0.29, 0.717) is 24.3 Å². The van der Waals surface area contributed by atoms with Crippen LogP contribution in [0.3, 0.4) is 0 Å². The average Bonchev–Trinajstić information content (AvgIpc) is 3.41. The molecule has 0 amide bonds. The molecular weight excluding hydrogens is 396 g/mol. The summed E-state index contributed by atoms with van der Waals surface area (Å²) in [6.45, 7) is 2.47. The molecule has 2 aliphatic rings. The van der Waals surface area contributed by atoms with Crippen LogP contribution in [0.1, 0.15) is 37.9 Å². The maximum absolute atomic E-state index is 12.2. The zero-order valence-corrected chi connectivity index (χ0v) is 17.9. The van der Waals surface area contributed by atoms with Crippen molar-refractivity contribution in [2.24, 2.45) is 0 Å². The highest BCUT2D eigenvalue weighted by Gasteiger charge is 2.35. The van der Waals surface area contributed by atoms with E-state index in [-0.39, 0.29) is 30.2 Å². The van der Waals surface area contributed by atoms with Gasteiger partial charge in [0.15, 0.2) is 0 Å². The minimum Gasteiger partial charge on any atom is -0.400 e. The largest absolute Gasteiger partial charge is 0.400 e. The molecule has 0 saturated carbocycles. The number of hydrogen-bond acceptors (Lipinski definition) is 7. The van der Waals surface area contributed by atoms with E-state index in [1.165, 1.54) is 18.9 Å². The van der Waals surface area contributed by atoms with E-state index in [0.717, 1.165) is 25.9 Å². The molecule has 1 aromatic rings. The van der Waals surface area contributed by atoms with E-state index in [2.05, 4.69) is 9.78 Å². The van der Waals surface area contributed by atoms with Gasteiger partial charge in [0.1, 0.15) is 7.85 Å². The van der Waals surface area contributed by atoms with Crippen LogP contribution in [0.4, 0.5) is 0 Å². The van der Waals surface area contributed by atoms with E-state index >= 15 is 0 Å². The number of nitrogens with zero attached hydrogens (tertiary/aromatic N) is 1. The third-order valence-electron chi connectivity index (χ3n) is 4.30. The van der Waals surface area contributed by atoms with Gasteiger partial charge in [0, 0.05) is 38.9 Å². The number of aliphatic hydroxyl groups excluding tert-OH is 1. The number of aliphatic hydroxyl groups is 1. The van der Waals surface area contributed by atoms with Gasteiger partial charge in [-0.2, -0.15) is 0 Å². The SMILES string of the molecule is [2H]C[C@H]1O[C@@H]([B])CC1OP(OCCSC(=O)c1ccccc1)N1CCCC1.[3H]OC. The summed E-state index contributed by atoms with van der Waals surface area (Å²) >= 11 is 1.26. The van der Waals surface area contributed by atoms with E-state index in [1.807, 2.05) is 30.3 Å². The van der Waals surface area contributed by atoms with Crippen LogP contribution in [-0.2, 0) is 13.8 Å². The predicted octanol–water partition coefficient (Wildman–Crippen LogP) is 3.20. The topological polar surface area (TPSA) is 68.2 Å². The van der Waals surface area contributed by atoms with Crippen LogP contribution < -0.4 is 0 Å². The molecule has 2 aliphatic heterocycles. The predicted molar refractivity (Wildman–Crippen MR) is 115 cm³/mol. The van der Waals surface area contributed by atoms with E-state index in [1.54, 1.807) is 0 Å². The lowest BCUT2D eigenvalue weighted by Gasteiger charge is -2.29. The smallest absolute Gasteiger partial charge is 0.259 e. The van der Waals surface area contributed by atoms with Gasteiger partial charge >= 0.3 is 0 Å². The number of rotatable bonds is 8. The van der Waals surface area contributed by atoms with Gasteiger partial charge in [-0.05, 0) is 26.2 Å². The van der Waals surface area contributed by atoms with Crippen molar-refractivity contribution >= 4 is 33.2 Å². The Morgan fingerprint density at radius 1 is 1.50 bits per heavy atom. The lowest BCUT2D eigenvalue weighted by molar-refractivity contribution is 0.0495. The third kappa shape index (κ3) is 7.41. The summed E-state index contributed by atoms with van der Waals surface area (Å²) in [5.41, 5.74) is 0.705. The molecule has 4 atom stereocenters. The Kier molecular flexibility index (Phi) is 9.63. The maximum atomic E-state index is 12.2. The van der Waals surface area contributed by atoms with E-state index in [4.69, 9.17) is 24.4 Å². The Morgan fingerprint density at radius 2 is 2.21 bits per heavy atom. The summed E-state index contributed by atoms with van der Waals surface area (Å²) in [7, 11) is 5.93. The van der Waals surface area contributed by atoms with Gasteiger partial charge in [-0.1, -0.05) is 42.1 Å². The summed E-state index contributed by atoms with van der Waals surface area (Å²) in [4.78, 5) is 12.2. The highest BCUT2D eigenvalue weighted by Crippen LogP contribution is 2.48. The second-order valence-corrected chi connectivity index (χ2v) is 8.90. The van der Waals surface area contributed by atoms with Crippen LogP contribution in [0.5, 0.6) is 0 Å². The van der Waals surface area contributed by atoms with Crippen molar-refractivity contribution in [1.29, 1.82) is 1.43 Å². The summed E-state index contributed by atoms with van der Waals surface area (Å²) in [5, 5.41) is 3.55. The molecule has 3 rings (SSSR count). The highest BCUT2D eigenvalue weighted by atomic mass is 32.2. The van der Waals surface area contributed by atoms with Gasteiger partial charge in [0.2, 0.25) is 6.55 Å². The Morgan fingerprint density at radius 3 is 2.89 bits per heavy atom. The fourth-order valence-corrected chi connectivity index (χ4v) is 5.37. The first kappa shape index (κ1) is 20.8. The van der Waals surface area contributed by atoms with Crippen LogP contribution in [0.2, 0.25) is 0 Å². The Bertz CT molecular complexity index is 618. The van der Waals surface area contributed by atoms with Crippen LogP contribution in [0.15, 0.2) is 30.3 Å². The molecule has 154 valence electrons. The normalized spacial score (nSPS) is 26.8. The van der Waals surface area contributed by atoms with Crippen molar-refractivity contribution in [3.63, 3.8) is 0 Å². The molecule has 2 unspecified atom stereocenters. The van der Waals surface area contributed by atoms with Crippen LogP contribution in [0.25, 0.3) is 0 Å². The van der Waals surface area contributed by atoms with Crippen molar-refractivity contribution in [3.05, 3.63) is 35.9 Å². The molecule has 2 radical (unpaired) electrons. The summed E-state index contributed by atoms with van der Waals surface area (Å²) in [6, 6.07) is 8.89. The van der Waals surface area contributed by atoms with Crippen LogP contribution >= 0.6 is 20.3 Å². The van der Waals surface area contributed by atoms with Gasteiger partial charge in [-0.3, -0.25) is 4.79 Å². The van der Waals surface area contributed by atoms with Gasteiger partial charge in [0.25, 0.3) is 8.53 Å². The Balaban J connectivity index is 0.00000101. The molecule has 6 nitrogen and oxygen atoms in total. The van der Waals surface area contributed by atoms with Crippen LogP contribution in [0, 0.1) is 0 Å². The third-order valence-corrected chi connectivity index (χ3v) is 6.88. The summed E-state index contributed by atoms with van der Waals surface area (Å²) < 4.78 is 33.4. The first-order valence-corrected chi connectivity index (χ1v) is 11.5. The Hall–Kier alpha value is -0.465. The number of ether oxygens (including phenoxy) is 1. The standard InChI is InChI=1S/C18H25BNO4PS.CH4O/c1-14-16(13-17(19)23-14)24-25(20-9-5-6-10-20)22-11-12-26-18(21)15-7-3-2-4-8-15;1-2/h2-4,7-8,14,16-17H,5-6,9-13H2,1H3;2H,1H3/t14-,16?,17-,25?;/m1./s1/i1D;2T.